The molecule has 0 bridgehead atoms. The Labute approximate surface area is 171 Å². The van der Waals surface area contributed by atoms with E-state index in [1.54, 1.807) is 18.5 Å². The Bertz CT molecular complexity index is 817. The van der Waals surface area contributed by atoms with Crippen molar-refractivity contribution in [2.24, 2.45) is 5.92 Å². The summed E-state index contributed by atoms with van der Waals surface area (Å²) in [6, 6.07) is 8.85. The molecule has 8 nitrogen and oxygen atoms in total. The first kappa shape index (κ1) is 20.6. The van der Waals surface area contributed by atoms with Gasteiger partial charge in [-0.1, -0.05) is 13.8 Å². The number of aromatic nitrogens is 2. The lowest BCUT2D eigenvalue weighted by molar-refractivity contribution is -0.132. The molecule has 2 aromatic rings. The molecule has 1 unspecified atom stereocenters. The lowest BCUT2D eigenvalue weighted by Crippen LogP contribution is -2.52. The first-order valence-electron chi connectivity index (χ1n) is 9.92. The van der Waals surface area contributed by atoms with Gasteiger partial charge in [-0.25, -0.2) is 9.97 Å². The van der Waals surface area contributed by atoms with Gasteiger partial charge in [-0.3, -0.25) is 9.59 Å². The van der Waals surface area contributed by atoms with Crippen molar-refractivity contribution in [2.45, 2.75) is 26.8 Å². The summed E-state index contributed by atoms with van der Waals surface area (Å²) >= 11 is 0. The zero-order chi connectivity index (χ0) is 20.8. The van der Waals surface area contributed by atoms with Crippen molar-refractivity contribution < 1.29 is 9.59 Å². The van der Waals surface area contributed by atoms with Crippen molar-refractivity contribution in [1.29, 1.82) is 0 Å². The van der Waals surface area contributed by atoms with E-state index < -0.39 is 0 Å². The van der Waals surface area contributed by atoms with E-state index in [9.17, 15) is 9.59 Å². The molecule has 2 amide bonds. The first-order chi connectivity index (χ1) is 13.9. The number of anilines is 3. The van der Waals surface area contributed by atoms with Crippen LogP contribution >= 0.6 is 0 Å². The van der Waals surface area contributed by atoms with E-state index in [1.165, 1.54) is 0 Å². The highest BCUT2D eigenvalue weighted by Gasteiger charge is 2.25. The molecule has 1 aromatic carbocycles. The van der Waals surface area contributed by atoms with Crippen LogP contribution in [0.3, 0.4) is 0 Å². The van der Waals surface area contributed by atoms with Crippen LogP contribution in [0, 0.1) is 5.92 Å². The van der Waals surface area contributed by atoms with Crippen LogP contribution in [0.15, 0.2) is 42.7 Å². The maximum Gasteiger partial charge on any atom is 0.244 e. The molecule has 0 spiro atoms. The molecule has 1 aliphatic rings. The van der Waals surface area contributed by atoms with Gasteiger partial charge in [0.05, 0.1) is 0 Å². The minimum atomic E-state index is -0.342. The summed E-state index contributed by atoms with van der Waals surface area (Å²) in [5.41, 5.74) is 1.58. The zero-order valence-electron chi connectivity index (χ0n) is 17.1. The van der Waals surface area contributed by atoms with Crippen molar-refractivity contribution in [3.8, 4) is 0 Å². The van der Waals surface area contributed by atoms with Gasteiger partial charge in [0.25, 0.3) is 0 Å². The maximum atomic E-state index is 12.8. The minimum Gasteiger partial charge on any atom is -0.374 e. The fourth-order valence-electron chi connectivity index (χ4n) is 3.10. The van der Waals surface area contributed by atoms with Crippen LogP contribution in [-0.2, 0) is 9.59 Å². The number of carbonyl (C=O) groups is 2. The smallest absolute Gasteiger partial charge is 0.244 e. The van der Waals surface area contributed by atoms with Gasteiger partial charge in [0.2, 0.25) is 17.8 Å². The Kier molecular flexibility index (Phi) is 6.64. The molecule has 2 N–H and O–H groups in total. The second-order valence-electron chi connectivity index (χ2n) is 7.45. The SMILES string of the molecule is CC(C)C(=O)Nc1ccc(NC(C)C(=O)N2CCN(c3ncccn3)CC2)cc1. The third-order valence-corrected chi connectivity index (χ3v) is 4.86. The Morgan fingerprint density at radius 3 is 2.10 bits per heavy atom. The van der Waals surface area contributed by atoms with Crippen LogP contribution in [-0.4, -0.2) is 58.9 Å². The summed E-state index contributed by atoms with van der Waals surface area (Å²) in [4.78, 5) is 37.1. The molecule has 154 valence electrons. The second-order valence-corrected chi connectivity index (χ2v) is 7.45. The molecule has 0 aliphatic carbocycles. The van der Waals surface area contributed by atoms with Gasteiger partial charge in [-0.2, -0.15) is 0 Å². The first-order valence-corrected chi connectivity index (χ1v) is 9.92. The molecule has 1 aliphatic heterocycles. The van der Waals surface area contributed by atoms with Crippen molar-refractivity contribution in [3.05, 3.63) is 42.7 Å². The second kappa shape index (κ2) is 9.36. The Balaban J connectivity index is 1.50. The highest BCUT2D eigenvalue weighted by Crippen LogP contribution is 2.17. The Morgan fingerprint density at radius 2 is 1.52 bits per heavy atom. The third-order valence-electron chi connectivity index (χ3n) is 4.86. The molecule has 0 saturated carbocycles. The third kappa shape index (κ3) is 5.43. The summed E-state index contributed by atoms with van der Waals surface area (Å²) in [5.74, 6) is 0.680. The van der Waals surface area contributed by atoms with Crippen LogP contribution < -0.4 is 15.5 Å². The van der Waals surface area contributed by atoms with E-state index in [4.69, 9.17) is 0 Å². The molecule has 0 radical (unpaired) electrons. The van der Waals surface area contributed by atoms with Gasteiger partial charge in [-0.15, -0.1) is 0 Å². The minimum absolute atomic E-state index is 0.0192. The molecule has 2 heterocycles. The van der Waals surface area contributed by atoms with Crippen LogP contribution in [0.25, 0.3) is 0 Å². The monoisotopic (exact) mass is 396 g/mol. The number of nitrogens with one attached hydrogen (secondary N) is 2. The highest BCUT2D eigenvalue weighted by atomic mass is 16.2. The van der Waals surface area contributed by atoms with Crippen molar-refractivity contribution in [2.75, 3.05) is 41.7 Å². The summed E-state index contributed by atoms with van der Waals surface area (Å²) in [6.07, 6.45) is 3.46. The zero-order valence-corrected chi connectivity index (χ0v) is 17.1. The number of nitrogens with zero attached hydrogens (tertiary/aromatic N) is 4. The molecule has 1 fully saturated rings. The fraction of sp³-hybridized carbons (Fsp3) is 0.429. The molecule has 29 heavy (non-hydrogen) atoms. The maximum absolute atomic E-state index is 12.8. The van der Waals surface area contributed by atoms with E-state index in [0.717, 1.165) is 11.4 Å². The molecule has 1 aromatic heterocycles. The van der Waals surface area contributed by atoms with E-state index in [0.29, 0.717) is 32.1 Å². The van der Waals surface area contributed by atoms with E-state index in [-0.39, 0.29) is 23.8 Å². The lowest BCUT2D eigenvalue weighted by atomic mass is 10.2. The average molecular weight is 396 g/mol. The van der Waals surface area contributed by atoms with Gasteiger partial charge < -0.3 is 20.4 Å². The molecule has 8 heteroatoms. The molecular formula is C21H28N6O2. The normalized spacial score (nSPS) is 15.2. The predicted octanol–water partition coefficient (Wildman–Crippen LogP) is 2.22. The highest BCUT2D eigenvalue weighted by molar-refractivity contribution is 5.92. The van der Waals surface area contributed by atoms with E-state index in [2.05, 4.69) is 25.5 Å². The quantitative estimate of drug-likeness (QED) is 0.778. The number of piperazine rings is 1. The fourth-order valence-corrected chi connectivity index (χ4v) is 3.10. The Hall–Kier alpha value is -3.16. The van der Waals surface area contributed by atoms with Crippen molar-refractivity contribution in [3.63, 3.8) is 0 Å². The van der Waals surface area contributed by atoms with Crippen molar-refractivity contribution in [1.82, 2.24) is 14.9 Å². The Morgan fingerprint density at radius 1 is 0.931 bits per heavy atom. The number of amides is 2. The van der Waals surface area contributed by atoms with Crippen LogP contribution in [0.1, 0.15) is 20.8 Å². The van der Waals surface area contributed by atoms with Gasteiger partial charge in [-0.05, 0) is 37.3 Å². The van der Waals surface area contributed by atoms with Gasteiger partial charge in [0, 0.05) is 55.9 Å². The molecular weight excluding hydrogens is 368 g/mol. The van der Waals surface area contributed by atoms with E-state index in [1.807, 2.05) is 49.9 Å². The topological polar surface area (TPSA) is 90.5 Å². The van der Waals surface area contributed by atoms with Gasteiger partial charge in [0.15, 0.2) is 0 Å². The average Bonchev–Trinajstić information content (AvgIpc) is 2.75. The standard InChI is InChI=1S/C21H28N6O2/c1-15(2)19(28)25-18-7-5-17(6-8-18)24-16(3)20(29)26-11-13-27(14-12-26)21-22-9-4-10-23-21/h4-10,15-16,24H,11-14H2,1-3H3,(H,25,28). The summed E-state index contributed by atoms with van der Waals surface area (Å²) in [5, 5.41) is 6.10. The molecule has 3 rings (SSSR count). The van der Waals surface area contributed by atoms with Gasteiger partial charge in [0.1, 0.15) is 6.04 Å². The van der Waals surface area contributed by atoms with E-state index >= 15 is 0 Å². The van der Waals surface area contributed by atoms with Crippen molar-refractivity contribution >= 4 is 29.1 Å². The largest absolute Gasteiger partial charge is 0.374 e. The number of benzene rings is 1. The van der Waals surface area contributed by atoms with Crippen LogP contribution in [0.2, 0.25) is 0 Å². The summed E-state index contributed by atoms with van der Waals surface area (Å²) in [7, 11) is 0. The number of rotatable bonds is 6. The predicted molar refractivity (Wildman–Crippen MR) is 114 cm³/mol. The molecule has 1 atom stereocenters. The number of hydrogen-bond donors (Lipinski definition) is 2. The lowest BCUT2D eigenvalue weighted by Gasteiger charge is -2.36. The van der Waals surface area contributed by atoms with Crippen LogP contribution in [0.4, 0.5) is 17.3 Å². The van der Waals surface area contributed by atoms with Crippen LogP contribution in [0.5, 0.6) is 0 Å². The summed E-state index contributed by atoms with van der Waals surface area (Å²) in [6.45, 7) is 8.28. The van der Waals surface area contributed by atoms with Gasteiger partial charge >= 0.3 is 0 Å². The number of carbonyl (C=O) groups excluding carboxylic acids is 2. The molecule has 1 saturated heterocycles. The number of hydrogen-bond acceptors (Lipinski definition) is 6. The summed E-state index contributed by atoms with van der Waals surface area (Å²) < 4.78 is 0.